The second kappa shape index (κ2) is 3.51. The third kappa shape index (κ3) is 1.31. The largest absolute Gasteiger partial charge is 0.398 e. The topological polar surface area (TPSA) is 26.0 Å². The van der Waals surface area contributed by atoms with Crippen LogP contribution in [-0.4, -0.2) is 0 Å². The lowest BCUT2D eigenvalue weighted by molar-refractivity contribution is 1.25. The van der Waals surface area contributed by atoms with Crippen LogP contribution in [-0.2, 0) is 0 Å². The van der Waals surface area contributed by atoms with Crippen LogP contribution in [0, 0.1) is 34.6 Å². The molecule has 0 heterocycles. The van der Waals surface area contributed by atoms with Crippen LogP contribution in [0.1, 0.15) is 27.8 Å². The van der Waals surface area contributed by atoms with E-state index in [0.717, 1.165) is 5.69 Å². The molecule has 0 aromatic heterocycles. The molecular weight excluding hydrogens is 194 g/mol. The van der Waals surface area contributed by atoms with Gasteiger partial charge in [0.25, 0.3) is 0 Å². The van der Waals surface area contributed by atoms with Crippen LogP contribution in [0.25, 0.3) is 10.8 Å². The van der Waals surface area contributed by atoms with Crippen LogP contribution < -0.4 is 5.73 Å². The maximum Gasteiger partial charge on any atom is 0.0426 e. The van der Waals surface area contributed by atoms with Crippen molar-refractivity contribution in [2.24, 2.45) is 0 Å². The highest BCUT2D eigenvalue weighted by Crippen LogP contribution is 2.34. The van der Waals surface area contributed by atoms with E-state index in [0.29, 0.717) is 0 Å². The van der Waals surface area contributed by atoms with Crippen molar-refractivity contribution >= 4 is 16.5 Å². The van der Waals surface area contributed by atoms with E-state index < -0.39 is 0 Å². The summed E-state index contributed by atoms with van der Waals surface area (Å²) in [6.07, 6.45) is 0. The van der Waals surface area contributed by atoms with E-state index >= 15 is 0 Å². The van der Waals surface area contributed by atoms with E-state index in [1.165, 1.54) is 38.6 Å². The van der Waals surface area contributed by atoms with Gasteiger partial charge in [-0.2, -0.15) is 0 Å². The van der Waals surface area contributed by atoms with Gasteiger partial charge < -0.3 is 5.73 Å². The highest BCUT2D eigenvalue weighted by atomic mass is 14.6. The van der Waals surface area contributed by atoms with E-state index in [-0.39, 0.29) is 0 Å². The average molecular weight is 213 g/mol. The minimum Gasteiger partial charge on any atom is -0.398 e. The lowest BCUT2D eigenvalue weighted by atomic mass is 9.90. The molecule has 2 rings (SSSR count). The van der Waals surface area contributed by atoms with Gasteiger partial charge in [0, 0.05) is 11.1 Å². The van der Waals surface area contributed by atoms with Gasteiger partial charge in [0.2, 0.25) is 0 Å². The summed E-state index contributed by atoms with van der Waals surface area (Å²) in [7, 11) is 0. The maximum atomic E-state index is 6.21. The van der Waals surface area contributed by atoms with Gasteiger partial charge in [-0.1, -0.05) is 12.1 Å². The van der Waals surface area contributed by atoms with Crippen molar-refractivity contribution in [3.8, 4) is 0 Å². The Morgan fingerprint density at radius 1 is 0.750 bits per heavy atom. The fourth-order valence-electron chi connectivity index (χ4n) is 2.39. The van der Waals surface area contributed by atoms with E-state index in [1.54, 1.807) is 0 Å². The first-order valence-electron chi connectivity index (χ1n) is 5.70. The number of benzene rings is 2. The lowest BCUT2D eigenvalue weighted by Crippen LogP contribution is -1.99. The van der Waals surface area contributed by atoms with Gasteiger partial charge >= 0.3 is 0 Å². The molecule has 1 heteroatoms. The Morgan fingerprint density at radius 3 is 1.94 bits per heavy atom. The first kappa shape index (κ1) is 11.0. The number of nitrogen functional groups attached to an aromatic ring is 1. The molecule has 0 saturated heterocycles. The highest BCUT2D eigenvalue weighted by molar-refractivity contribution is 6.00. The molecule has 84 valence electrons. The normalized spacial score (nSPS) is 11.1. The van der Waals surface area contributed by atoms with Gasteiger partial charge in [-0.15, -0.1) is 0 Å². The standard InChI is InChI=1S/C15H19N/c1-8-6-7-13-11(4)9(2)10(3)12(5)14(13)15(8)16/h6-7H,16H2,1-5H3. The molecule has 0 amide bonds. The highest BCUT2D eigenvalue weighted by Gasteiger charge is 2.11. The van der Waals surface area contributed by atoms with Crippen LogP contribution in [0.4, 0.5) is 5.69 Å². The van der Waals surface area contributed by atoms with E-state index in [1.807, 2.05) is 0 Å². The second-order valence-electron chi connectivity index (χ2n) is 4.72. The fourth-order valence-corrected chi connectivity index (χ4v) is 2.39. The predicted octanol–water partition coefficient (Wildman–Crippen LogP) is 3.96. The van der Waals surface area contributed by atoms with Crippen molar-refractivity contribution in [3.63, 3.8) is 0 Å². The Morgan fingerprint density at radius 2 is 1.31 bits per heavy atom. The Hall–Kier alpha value is -1.50. The maximum absolute atomic E-state index is 6.21. The SMILES string of the molecule is Cc1ccc2c(C)c(C)c(C)c(C)c2c1N. The molecule has 0 bridgehead atoms. The molecule has 0 aliphatic heterocycles. The molecule has 2 aromatic carbocycles. The number of rotatable bonds is 0. The second-order valence-corrected chi connectivity index (χ2v) is 4.72. The van der Waals surface area contributed by atoms with Crippen LogP contribution in [0.2, 0.25) is 0 Å². The number of aryl methyl sites for hydroxylation is 3. The summed E-state index contributed by atoms with van der Waals surface area (Å²) >= 11 is 0. The van der Waals surface area contributed by atoms with E-state index in [9.17, 15) is 0 Å². The van der Waals surface area contributed by atoms with Gasteiger partial charge in [0.05, 0.1) is 0 Å². The monoisotopic (exact) mass is 213 g/mol. The first-order valence-corrected chi connectivity index (χ1v) is 5.70. The summed E-state index contributed by atoms with van der Waals surface area (Å²) in [5.41, 5.74) is 13.7. The molecule has 0 aliphatic carbocycles. The quantitative estimate of drug-likeness (QED) is 0.658. The molecule has 0 spiro atoms. The zero-order valence-electron chi connectivity index (χ0n) is 10.7. The molecule has 0 aliphatic rings. The van der Waals surface area contributed by atoms with Crippen LogP contribution in [0.15, 0.2) is 12.1 Å². The molecule has 1 nitrogen and oxygen atoms in total. The van der Waals surface area contributed by atoms with E-state index in [4.69, 9.17) is 5.73 Å². The van der Waals surface area contributed by atoms with Crippen molar-refractivity contribution < 1.29 is 0 Å². The number of anilines is 1. The van der Waals surface area contributed by atoms with Crippen molar-refractivity contribution in [1.29, 1.82) is 0 Å². The zero-order chi connectivity index (χ0) is 12.0. The molecule has 0 radical (unpaired) electrons. The summed E-state index contributed by atoms with van der Waals surface area (Å²) in [5, 5.41) is 2.53. The van der Waals surface area contributed by atoms with Crippen molar-refractivity contribution in [2.75, 3.05) is 5.73 Å². The van der Waals surface area contributed by atoms with Gasteiger partial charge in [0.15, 0.2) is 0 Å². The van der Waals surface area contributed by atoms with Gasteiger partial charge in [-0.3, -0.25) is 0 Å². The van der Waals surface area contributed by atoms with Crippen molar-refractivity contribution in [2.45, 2.75) is 34.6 Å². The number of nitrogens with two attached hydrogens (primary N) is 1. The molecule has 0 atom stereocenters. The molecular formula is C15H19N. The Bertz CT molecular complexity index is 580. The summed E-state index contributed by atoms with van der Waals surface area (Å²) in [5.74, 6) is 0. The lowest BCUT2D eigenvalue weighted by Gasteiger charge is -2.16. The zero-order valence-corrected chi connectivity index (χ0v) is 10.7. The Kier molecular flexibility index (Phi) is 2.42. The van der Waals surface area contributed by atoms with Gasteiger partial charge in [-0.25, -0.2) is 0 Å². The van der Waals surface area contributed by atoms with Crippen LogP contribution >= 0.6 is 0 Å². The first-order chi connectivity index (χ1) is 7.45. The molecule has 0 saturated carbocycles. The third-order valence-corrected chi connectivity index (χ3v) is 3.93. The molecule has 0 unspecified atom stereocenters. The van der Waals surface area contributed by atoms with Gasteiger partial charge in [-0.05, 0) is 67.8 Å². The molecule has 2 aromatic rings. The molecule has 0 fully saturated rings. The van der Waals surface area contributed by atoms with Crippen LogP contribution in [0.3, 0.4) is 0 Å². The molecule has 16 heavy (non-hydrogen) atoms. The van der Waals surface area contributed by atoms with E-state index in [2.05, 4.69) is 46.8 Å². The van der Waals surface area contributed by atoms with Crippen LogP contribution in [0.5, 0.6) is 0 Å². The smallest absolute Gasteiger partial charge is 0.0426 e. The fraction of sp³-hybridized carbons (Fsp3) is 0.333. The van der Waals surface area contributed by atoms with Crippen molar-refractivity contribution in [1.82, 2.24) is 0 Å². The molecule has 2 N–H and O–H groups in total. The average Bonchev–Trinajstić information content (AvgIpc) is 2.27. The summed E-state index contributed by atoms with van der Waals surface area (Å²) < 4.78 is 0. The number of hydrogen-bond acceptors (Lipinski definition) is 1. The minimum absolute atomic E-state index is 0.932. The van der Waals surface area contributed by atoms with Crippen molar-refractivity contribution in [3.05, 3.63) is 39.9 Å². The summed E-state index contributed by atoms with van der Waals surface area (Å²) in [6.45, 7) is 10.8. The summed E-state index contributed by atoms with van der Waals surface area (Å²) in [4.78, 5) is 0. The Labute approximate surface area is 97.3 Å². The minimum atomic E-state index is 0.932. The Balaban J connectivity index is 3.09. The number of fused-ring (bicyclic) bond motifs is 1. The van der Waals surface area contributed by atoms with Gasteiger partial charge in [0.1, 0.15) is 0 Å². The third-order valence-electron chi connectivity index (χ3n) is 3.93. The predicted molar refractivity (Wildman–Crippen MR) is 72.0 cm³/mol. The number of hydrogen-bond donors (Lipinski definition) is 1. The summed E-state index contributed by atoms with van der Waals surface area (Å²) in [6, 6.07) is 4.30.